The third kappa shape index (κ3) is 19.9. The number of anilines is 1. The standard InChI is InChI=1S/C52H79N9O10/c1-8-37-15-17-39(18-16-37)56-49(66)42(13-11-25-55-51(53)68)57-50(67)48(36(2)3)58-44(62)19-20-46(64)61(29-31-70-33-32-69-30-24-47(65)71-52(4,5)6)40-21-26-59(27-22-40)45(63)23-28-60-41(35-54-7)34-38-12-9-10-14-43(38)60/h9-10,12,14-18,34,36,40,42,48,54H,8,11,13,19-33,35H2,1-7H3,(H,56,66)(H,57,67)(H,58,62)(H3,53,55,68)/t42-,48-/m0/s1. The van der Waals surface area contributed by atoms with E-state index in [1.54, 1.807) is 51.7 Å². The van der Waals surface area contributed by atoms with Crippen LogP contribution in [0.25, 0.3) is 10.9 Å². The SMILES string of the molecule is CCc1ccc(NC(=O)[C@H](CCCNC(N)=O)NC(=O)[C@@H](NC(=O)CCC(=O)N(CCOCCOCCC(=O)OC(C)(C)C)C2CCN(C(=O)CCn3c(CNC)cc4ccccc43)CC2)C(C)C)cc1. The third-order valence-electron chi connectivity index (χ3n) is 12.2. The van der Waals surface area contributed by atoms with Gasteiger partial charge in [0, 0.05) is 81.5 Å². The summed E-state index contributed by atoms with van der Waals surface area (Å²) in [7, 11) is 1.90. The Morgan fingerprint density at radius 2 is 1.54 bits per heavy atom. The predicted molar refractivity (Wildman–Crippen MR) is 272 cm³/mol. The first kappa shape index (κ1) is 57.5. The number of piperidine rings is 1. The molecule has 1 aliphatic rings. The van der Waals surface area contributed by atoms with Crippen LogP contribution in [0.15, 0.2) is 54.6 Å². The number of hydrogen-bond donors (Lipinski definition) is 6. The lowest BCUT2D eigenvalue weighted by molar-refractivity contribution is -0.156. The fourth-order valence-corrected chi connectivity index (χ4v) is 8.44. The second-order valence-electron chi connectivity index (χ2n) is 19.2. The Labute approximate surface area is 419 Å². The van der Waals surface area contributed by atoms with E-state index in [2.05, 4.69) is 49.4 Å². The van der Waals surface area contributed by atoms with Crippen LogP contribution in [0.5, 0.6) is 0 Å². The van der Waals surface area contributed by atoms with Gasteiger partial charge in [-0.05, 0) is 101 Å². The number of aromatic nitrogens is 1. The number of aryl methyl sites for hydroxylation is 2. The van der Waals surface area contributed by atoms with Gasteiger partial charge in [-0.2, -0.15) is 0 Å². The molecular weight excluding hydrogens is 911 g/mol. The van der Waals surface area contributed by atoms with Gasteiger partial charge in [0.05, 0.1) is 32.8 Å². The number of nitrogens with one attached hydrogen (secondary N) is 5. The van der Waals surface area contributed by atoms with E-state index >= 15 is 0 Å². The minimum Gasteiger partial charge on any atom is -0.460 e. The number of fused-ring (bicyclic) bond motifs is 1. The van der Waals surface area contributed by atoms with E-state index in [9.17, 15) is 33.6 Å². The molecule has 19 nitrogen and oxygen atoms in total. The summed E-state index contributed by atoms with van der Waals surface area (Å²) in [4.78, 5) is 95.4. The molecule has 3 aromatic rings. The number of ether oxygens (including phenoxy) is 3. The van der Waals surface area contributed by atoms with Gasteiger partial charge < -0.3 is 60.9 Å². The molecule has 0 aliphatic carbocycles. The average Bonchev–Trinajstić information content (AvgIpc) is 3.68. The third-order valence-corrected chi connectivity index (χ3v) is 12.2. The van der Waals surface area contributed by atoms with Gasteiger partial charge in [-0.25, -0.2) is 4.79 Å². The molecule has 1 fully saturated rings. The minimum atomic E-state index is -1.02. The van der Waals surface area contributed by atoms with Crippen molar-refractivity contribution in [3.63, 3.8) is 0 Å². The van der Waals surface area contributed by atoms with Gasteiger partial charge in [0.2, 0.25) is 29.5 Å². The fourth-order valence-electron chi connectivity index (χ4n) is 8.44. The second kappa shape index (κ2) is 29.3. The molecule has 0 saturated carbocycles. The number of primary amides is 1. The minimum absolute atomic E-state index is 0.0404. The highest BCUT2D eigenvalue weighted by Gasteiger charge is 2.32. The van der Waals surface area contributed by atoms with Gasteiger partial charge in [-0.1, -0.05) is 51.1 Å². The zero-order valence-electron chi connectivity index (χ0n) is 42.9. The number of carbonyl (C=O) groups excluding carboxylic acids is 7. The summed E-state index contributed by atoms with van der Waals surface area (Å²) in [6.45, 7) is 14.4. The predicted octanol–water partition coefficient (Wildman–Crippen LogP) is 4.39. The molecular formula is C52H79N9O10. The zero-order valence-corrected chi connectivity index (χ0v) is 42.9. The van der Waals surface area contributed by atoms with Crippen LogP contribution in [0, 0.1) is 5.92 Å². The van der Waals surface area contributed by atoms with Crippen molar-refractivity contribution < 1.29 is 47.8 Å². The molecule has 2 atom stereocenters. The van der Waals surface area contributed by atoms with Crippen LogP contribution in [0.2, 0.25) is 0 Å². The van der Waals surface area contributed by atoms with Crippen molar-refractivity contribution in [2.24, 2.45) is 11.7 Å². The number of rotatable bonds is 29. The van der Waals surface area contributed by atoms with Gasteiger partial charge in [-0.15, -0.1) is 0 Å². The summed E-state index contributed by atoms with van der Waals surface area (Å²) in [5, 5.41) is 15.3. The maximum absolute atomic E-state index is 14.1. The van der Waals surface area contributed by atoms with Crippen LogP contribution < -0.4 is 32.3 Å². The van der Waals surface area contributed by atoms with Crippen LogP contribution in [0.1, 0.15) is 104 Å². The molecule has 0 unspecified atom stereocenters. The largest absolute Gasteiger partial charge is 0.460 e. The van der Waals surface area contributed by atoms with Gasteiger partial charge in [-0.3, -0.25) is 28.8 Å². The number of likely N-dealkylation sites (tertiary alicyclic amines) is 1. The molecule has 2 aromatic carbocycles. The van der Waals surface area contributed by atoms with Crippen LogP contribution >= 0.6 is 0 Å². The van der Waals surface area contributed by atoms with Crippen molar-refractivity contribution in [3.05, 3.63) is 65.9 Å². The molecule has 1 saturated heterocycles. The molecule has 4 rings (SSSR count). The fraction of sp³-hybridized carbons (Fsp3) is 0.596. The van der Waals surface area contributed by atoms with Crippen molar-refractivity contribution in [2.75, 3.05) is 65.0 Å². The Hall–Kier alpha value is -6.05. The van der Waals surface area contributed by atoms with Crippen LogP contribution in [0.3, 0.4) is 0 Å². The monoisotopic (exact) mass is 990 g/mol. The van der Waals surface area contributed by atoms with E-state index in [-0.39, 0.29) is 94.9 Å². The number of para-hydroxylation sites is 1. The average molecular weight is 990 g/mol. The lowest BCUT2D eigenvalue weighted by Crippen LogP contribution is -2.54. The maximum Gasteiger partial charge on any atom is 0.312 e. The van der Waals surface area contributed by atoms with Crippen LogP contribution in [0.4, 0.5) is 10.5 Å². The van der Waals surface area contributed by atoms with E-state index in [1.165, 1.54) is 0 Å². The molecule has 19 heteroatoms. The molecule has 1 aliphatic heterocycles. The molecule has 7 N–H and O–H groups in total. The quantitative estimate of drug-likeness (QED) is 0.0421. The Kier molecular flexibility index (Phi) is 23.8. The molecule has 392 valence electrons. The zero-order chi connectivity index (χ0) is 51.9. The first-order chi connectivity index (χ1) is 33.9. The van der Waals surface area contributed by atoms with Crippen molar-refractivity contribution in [1.82, 2.24) is 35.6 Å². The number of nitrogens with zero attached hydrogens (tertiary/aromatic N) is 3. The van der Waals surface area contributed by atoms with Gasteiger partial charge in [0.1, 0.15) is 17.7 Å². The first-order valence-electron chi connectivity index (χ1n) is 25.1. The van der Waals surface area contributed by atoms with Crippen molar-refractivity contribution in [1.29, 1.82) is 0 Å². The molecule has 71 heavy (non-hydrogen) atoms. The topological polar surface area (TPSA) is 245 Å². The van der Waals surface area contributed by atoms with Crippen molar-refractivity contribution >= 4 is 58.1 Å². The molecule has 0 bridgehead atoms. The highest BCUT2D eigenvalue weighted by Crippen LogP contribution is 2.23. The molecule has 7 amide bonds. The lowest BCUT2D eigenvalue weighted by atomic mass is 10.0. The second-order valence-corrected chi connectivity index (χ2v) is 19.2. The number of urea groups is 1. The molecule has 1 aromatic heterocycles. The summed E-state index contributed by atoms with van der Waals surface area (Å²) >= 11 is 0. The Morgan fingerprint density at radius 3 is 2.18 bits per heavy atom. The molecule has 0 spiro atoms. The van der Waals surface area contributed by atoms with E-state index in [1.807, 2.05) is 43.1 Å². The molecule has 2 heterocycles. The number of nitrogens with two attached hydrogens (primary N) is 1. The number of amides is 7. The Balaban J connectivity index is 1.35. The van der Waals surface area contributed by atoms with E-state index in [0.29, 0.717) is 57.5 Å². The van der Waals surface area contributed by atoms with Gasteiger partial charge in [0.25, 0.3) is 0 Å². The first-order valence-corrected chi connectivity index (χ1v) is 25.1. The number of esters is 1. The maximum atomic E-state index is 14.1. The van der Waals surface area contributed by atoms with E-state index in [4.69, 9.17) is 19.9 Å². The van der Waals surface area contributed by atoms with Crippen molar-refractivity contribution in [2.45, 2.75) is 136 Å². The van der Waals surface area contributed by atoms with Crippen LogP contribution in [-0.4, -0.2) is 139 Å². The summed E-state index contributed by atoms with van der Waals surface area (Å²) in [5.41, 5.74) is 8.47. The summed E-state index contributed by atoms with van der Waals surface area (Å²) in [5.74, 6) is -2.50. The summed E-state index contributed by atoms with van der Waals surface area (Å²) < 4.78 is 18.9. The van der Waals surface area contributed by atoms with E-state index in [0.717, 1.165) is 28.6 Å². The van der Waals surface area contributed by atoms with E-state index < -0.39 is 41.4 Å². The normalized spacial score (nSPS) is 13.9. The van der Waals surface area contributed by atoms with Crippen molar-refractivity contribution in [3.8, 4) is 0 Å². The van der Waals surface area contributed by atoms with Gasteiger partial charge in [0.15, 0.2) is 0 Å². The number of hydrogen-bond acceptors (Lipinski definition) is 11. The lowest BCUT2D eigenvalue weighted by Gasteiger charge is -2.39. The number of benzene rings is 2. The summed E-state index contributed by atoms with van der Waals surface area (Å²) in [6.07, 6.45) is 2.53. The van der Waals surface area contributed by atoms with Gasteiger partial charge >= 0.3 is 12.0 Å². The summed E-state index contributed by atoms with van der Waals surface area (Å²) in [6, 6.07) is 14.7. The Bertz CT molecular complexity index is 2200. The highest BCUT2D eigenvalue weighted by molar-refractivity contribution is 5.98. The number of carbonyl (C=O) groups is 7. The smallest absolute Gasteiger partial charge is 0.312 e. The highest BCUT2D eigenvalue weighted by atomic mass is 16.6. The Morgan fingerprint density at radius 1 is 0.845 bits per heavy atom. The molecule has 0 radical (unpaired) electrons. The van der Waals surface area contributed by atoms with Crippen LogP contribution in [-0.2, 0) is 62.5 Å².